The zero-order chi connectivity index (χ0) is 16.2. The lowest BCUT2D eigenvalue weighted by Gasteiger charge is -2.09. The number of hydrogen-bond acceptors (Lipinski definition) is 3. The maximum Gasteiger partial charge on any atom is 0.191 e. The van der Waals surface area contributed by atoms with Gasteiger partial charge in [-0.1, -0.05) is 60.3 Å². The highest BCUT2D eigenvalue weighted by Gasteiger charge is 2.14. The van der Waals surface area contributed by atoms with Crippen molar-refractivity contribution in [2.45, 2.75) is 38.2 Å². The predicted molar refractivity (Wildman–Crippen MR) is 96.6 cm³/mol. The molecule has 0 aliphatic rings. The highest BCUT2D eigenvalue weighted by molar-refractivity contribution is 7.98. The van der Waals surface area contributed by atoms with Gasteiger partial charge in [-0.2, -0.15) is 0 Å². The zero-order valence-corrected chi connectivity index (χ0v) is 14.6. The van der Waals surface area contributed by atoms with Gasteiger partial charge >= 0.3 is 0 Å². The van der Waals surface area contributed by atoms with E-state index in [4.69, 9.17) is 0 Å². The fourth-order valence-electron chi connectivity index (χ4n) is 2.62. The zero-order valence-electron chi connectivity index (χ0n) is 13.8. The fraction of sp³-hybridized carbons (Fsp3) is 0.263. The molecule has 0 radical (unpaired) electrons. The lowest BCUT2D eigenvalue weighted by Crippen LogP contribution is -2.01. The molecule has 0 aliphatic carbocycles. The summed E-state index contributed by atoms with van der Waals surface area (Å²) in [5, 5.41) is 9.85. The first-order valence-electron chi connectivity index (χ1n) is 7.87. The monoisotopic (exact) mass is 323 g/mol. The van der Waals surface area contributed by atoms with Gasteiger partial charge in [-0.3, -0.25) is 0 Å². The van der Waals surface area contributed by atoms with Gasteiger partial charge in [0.15, 0.2) is 11.0 Å². The first kappa shape index (κ1) is 15.8. The van der Waals surface area contributed by atoms with Gasteiger partial charge < -0.3 is 4.57 Å². The lowest BCUT2D eigenvalue weighted by atomic mass is 10.1. The van der Waals surface area contributed by atoms with E-state index in [0.717, 1.165) is 28.8 Å². The minimum atomic E-state index is 0.868. The van der Waals surface area contributed by atoms with Crippen LogP contribution in [0.15, 0.2) is 53.7 Å². The summed E-state index contributed by atoms with van der Waals surface area (Å²) in [7, 11) is 0. The number of aromatic nitrogens is 3. The number of aryl methyl sites for hydroxylation is 2. The molecule has 3 nitrogen and oxygen atoms in total. The first-order valence-corrected chi connectivity index (χ1v) is 8.85. The Balaban J connectivity index is 1.87. The first-order chi connectivity index (χ1) is 11.2. The van der Waals surface area contributed by atoms with E-state index in [0.29, 0.717) is 0 Å². The molecular formula is C19H21N3S. The molecule has 1 heterocycles. The molecule has 0 aliphatic heterocycles. The van der Waals surface area contributed by atoms with Crippen LogP contribution in [0.1, 0.15) is 23.6 Å². The summed E-state index contributed by atoms with van der Waals surface area (Å²) in [6, 6.07) is 16.8. The molecule has 0 saturated carbocycles. The third-order valence-electron chi connectivity index (χ3n) is 4.04. The normalized spacial score (nSPS) is 10.9. The Kier molecular flexibility index (Phi) is 4.82. The third-order valence-corrected chi connectivity index (χ3v) is 5.05. The van der Waals surface area contributed by atoms with Gasteiger partial charge in [0.1, 0.15) is 0 Å². The van der Waals surface area contributed by atoms with Crippen molar-refractivity contribution in [2.75, 3.05) is 0 Å². The van der Waals surface area contributed by atoms with Gasteiger partial charge in [-0.15, -0.1) is 10.2 Å². The summed E-state index contributed by atoms with van der Waals surface area (Å²) >= 11 is 1.75. The average Bonchev–Trinajstić information content (AvgIpc) is 2.97. The molecule has 0 atom stereocenters. The largest absolute Gasteiger partial charge is 0.302 e. The van der Waals surface area contributed by atoms with Crippen LogP contribution in [0.5, 0.6) is 0 Å². The van der Waals surface area contributed by atoms with Gasteiger partial charge in [0.05, 0.1) is 0 Å². The summed E-state index contributed by atoms with van der Waals surface area (Å²) in [4.78, 5) is 0. The number of benzene rings is 2. The summed E-state index contributed by atoms with van der Waals surface area (Å²) in [5.74, 6) is 1.87. The molecule has 4 heteroatoms. The quantitative estimate of drug-likeness (QED) is 0.627. The highest BCUT2D eigenvalue weighted by atomic mass is 32.2. The van der Waals surface area contributed by atoms with Gasteiger partial charge in [-0.25, -0.2) is 0 Å². The van der Waals surface area contributed by atoms with Gasteiger partial charge in [0, 0.05) is 17.9 Å². The van der Waals surface area contributed by atoms with Crippen LogP contribution in [0, 0.1) is 13.8 Å². The fourth-order valence-corrected chi connectivity index (χ4v) is 3.70. The highest BCUT2D eigenvalue weighted by Crippen LogP contribution is 2.28. The van der Waals surface area contributed by atoms with Crippen LogP contribution >= 0.6 is 11.8 Å². The molecule has 2 aromatic carbocycles. The summed E-state index contributed by atoms with van der Waals surface area (Å²) in [6.07, 6.45) is 0. The summed E-state index contributed by atoms with van der Waals surface area (Å²) in [6.45, 7) is 7.28. The molecule has 3 rings (SSSR count). The van der Waals surface area contributed by atoms with Crippen molar-refractivity contribution >= 4 is 11.8 Å². The van der Waals surface area contributed by atoms with Crippen molar-refractivity contribution < 1.29 is 0 Å². The Morgan fingerprint density at radius 3 is 2.30 bits per heavy atom. The molecular weight excluding hydrogens is 302 g/mol. The maximum atomic E-state index is 4.44. The molecule has 0 spiro atoms. The van der Waals surface area contributed by atoms with E-state index in [1.54, 1.807) is 11.8 Å². The SMILES string of the molecule is CCn1c(SCc2ccccc2C)nnc1-c1ccccc1C. The van der Waals surface area contributed by atoms with E-state index in [9.17, 15) is 0 Å². The Morgan fingerprint density at radius 1 is 0.913 bits per heavy atom. The predicted octanol–water partition coefficient (Wildman–Crippen LogP) is 4.87. The lowest BCUT2D eigenvalue weighted by molar-refractivity contribution is 0.687. The van der Waals surface area contributed by atoms with Crippen LogP contribution < -0.4 is 0 Å². The van der Waals surface area contributed by atoms with Crippen LogP contribution in [0.4, 0.5) is 0 Å². The third kappa shape index (κ3) is 3.32. The Morgan fingerprint density at radius 2 is 1.61 bits per heavy atom. The number of rotatable bonds is 5. The number of thioether (sulfide) groups is 1. The maximum absolute atomic E-state index is 4.44. The second kappa shape index (κ2) is 7.01. The Labute approximate surface area is 141 Å². The average molecular weight is 323 g/mol. The van der Waals surface area contributed by atoms with E-state index < -0.39 is 0 Å². The molecule has 0 saturated heterocycles. The molecule has 0 amide bonds. The van der Waals surface area contributed by atoms with Gasteiger partial charge in [0.2, 0.25) is 0 Å². The van der Waals surface area contributed by atoms with Gasteiger partial charge in [0.25, 0.3) is 0 Å². The van der Waals surface area contributed by atoms with E-state index in [-0.39, 0.29) is 0 Å². The Hall–Kier alpha value is -2.07. The molecule has 3 aromatic rings. The van der Waals surface area contributed by atoms with Crippen molar-refractivity contribution in [3.05, 3.63) is 65.2 Å². The van der Waals surface area contributed by atoms with Crippen molar-refractivity contribution in [3.8, 4) is 11.4 Å². The van der Waals surface area contributed by atoms with Crippen LogP contribution in [-0.2, 0) is 12.3 Å². The van der Waals surface area contributed by atoms with Crippen LogP contribution in [0.25, 0.3) is 11.4 Å². The van der Waals surface area contributed by atoms with E-state index in [1.165, 1.54) is 16.7 Å². The standard InChI is InChI=1S/C19H21N3S/c1-4-22-18(17-12-8-6-10-15(17)3)20-21-19(22)23-13-16-11-7-5-9-14(16)2/h5-12H,4,13H2,1-3H3. The topological polar surface area (TPSA) is 30.7 Å². The molecule has 0 unspecified atom stereocenters. The number of nitrogens with zero attached hydrogens (tertiary/aromatic N) is 3. The second-order valence-corrected chi connectivity index (χ2v) is 6.52. The van der Waals surface area contributed by atoms with E-state index in [2.05, 4.69) is 84.1 Å². The molecule has 0 bridgehead atoms. The Bertz CT molecular complexity index is 808. The smallest absolute Gasteiger partial charge is 0.191 e. The van der Waals surface area contributed by atoms with Gasteiger partial charge in [-0.05, 0) is 37.5 Å². The molecule has 23 heavy (non-hydrogen) atoms. The van der Waals surface area contributed by atoms with Crippen molar-refractivity contribution in [1.82, 2.24) is 14.8 Å². The molecule has 1 aromatic heterocycles. The van der Waals surface area contributed by atoms with Crippen LogP contribution in [0.3, 0.4) is 0 Å². The molecule has 118 valence electrons. The molecule has 0 N–H and O–H groups in total. The van der Waals surface area contributed by atoms with E-state index in [1.807, 2.05) is 0 Å². The minimum Gasteiger partial charge on any atom is -0.302 e. The van der Waals surface area contributed by atoms with Crippen molar-refractivity contribution in [2.24, 2.45) is 0 Å². The van der Waals surface area contributed by atoms with Crippen LogP contribution in [-0.4, -0.2) is 14.8 Å². The summed E-state index contributed by atoms with van der Waals surface area (Å²) in [5.41, 5.74) is 5.05. The second-order valence-electron chi connectivity index (χ2n) is 5.58. The van der Waals surface area contributed by atoms with Crippen LogP contribution in [0.2, 0.25) is 0 Å². The van der Waals surface area contributed by atoms with Crippen molar-refractivity contribution in [1.29, 1.82) is 0 Å². The number of hydrogen-bond donors (Lipinski definition) is 0. The molecule has 0 fully saturated rings. The minimum absolute atomic E-state index is 0.868. The van der Waals surface area contributed by atoms with E-state index >= 15 is 0 Å². The van der Waals surface area contributed by atoms with Crippen molar-refractivity contribution in [3.63, 3.8) is 0 Å². The summed E-state index contributed by atoms with van der Waals surface area (Å²) < 4.78 is 2.20.